The van der Waals surface area contributed by atoms with E-state index in [1.165, 1.54) is 6.07 Å². The highest BCUT2D eigenvalue weighted by Gasteiger charge is 2.40. The van der Waals surface area contributed by atoms with Crippen molar-refractivity contribution in [2.45, 2.75) is 25.0 Å². The van der Waals surface area contributed by atoms with Crippen molar-refractivity contribution in [3.05, 3.63) is 59.7 Å². The van der Waals surface area contributed by atoms with E-state index in [2.05, 4.69) is 10.3 Å². The molecule has 2 aromatic rings. The quantitative estimate of drug-likeness (QED) is 0.858. The molecule has 0 unspecified atom stereocenters. The molecule has 28 heavy (non-hydrogen) atoms. The van der Waals surface area contributed by atoms with Crippen LogP contribution in [0.2, 0.25) is 0 Å². The number of aromatic nitrogens is 1. The third-order valence-electron chi connectivity index (χ3n) is 5.29. The van der Waals surface area contributed by atoms with Gasteiger partial charge < -0.3 is 19.7 Å². The van der Waals surface area contributed by atoms with E-state index in [9.17, 15) is 9.18 Å². The van der Waals surface area contributed by atoms with Crippen LogP contribution in [-0.2, 0) is 15.9 Å². The summed E-state index contributed by atoms with van der Waals surface area (Å²) >= 11 is 0. The van der Waals surface area contributed by atoms with E-state index in [4.69, 9.17) is 9.47 Å². The van der Waals surface area contributed by atoms with Crippen LogP contribution in [0.25, 0.3) is 0 Å². The molecular weight excluding hydrogens is 361 g/mol. The van der Waals surface area contributed by atoms with Gasteiger partial charge in [0, 0.05) is 44.9 Å². The Bertz CT molecular complexity index is 829. The minimum Gasteiger partial charge on any atom is -0.383 e. The van der Waals surface area contributed by atoms with Gasteiger partial charge in [0.15, 0.2) is 5.79 Å². The summed E-state index contributed by atoms with van der Waals surface area (Å²) in [6, 6.07) is 8.53. The lowest BCUT2D eigenvalue weighted by Gasteiger charge is -2.37. The van der Waals surface area contributed by atoms with Gasteiger partial charge in [0.2, 0.25) is 0 Å². The second-order valence-electron chi connectivity index (χ2n) is 7.13. The Morgan fingerprint density at radius 1 is 1.18 bits per heavy atom. The van der Waals surface area contributed by atoms with E-state index in [0.717, 1.165) is 5.69 Å². The number of amides is 1. The minimum atomic E-state index is -0.495. The second kappa shape index (κ2) is 8.24. The van der Waals surface area contributed by atoms with Crippen molar-refractivity contribution < 1.29 is 18.7 Å². The molecule has 0 saturated carbocycles. The van der Waals surface area contributed by atoms with Gasteiger partial charge in [0.05, 0.1) is 24.5 Å². The molecule has 1 N–H and O–H groups in total. The Balaban J connectivity index is 1.33. The summed E-state index contributed by atoms with van der Waals surface area (Å²) < 4.78 is 25.1. The molecule has 2 saturated heterocycles. The number of nitrogens with one attached hydrogen (secondary N) is 1. The summed E-state index contributed by atoms with van der Waals surface area (Å²) in [5, 5.41) is 3.22. The van der Waals surface area contributed by atoms with Gasteiger partial charge in [-0.3, -0.25) is 9.78 Å². The number of hydrogen-bond acceptors (Lipinski definition) is 5. The summed E-state index contributed by atoms with van der Waals surface area (Å²) in [6.07, 6.45) is 5.18. The van der Waals surface area contributed by atoms with Gasteiger partial charge in [-0.1, -0.05) is 18.2 Å². The smallest absolute Gasteiger partial charge is 0.255 e. The van der Waals surface area contributed by atoms with E-state index in [1.54, 1.807) is 30.6 Å². The zero-order chi connectivity index (χ0) is 19.4. The highest BCUT2D eigenvalue weighted by Crippen LogP contribution is 2.31. The van der Waals surface area contributed by atoms with Crippen molar-refractivity contribution in [2.75, 3.05) is 38.2 Å². The molecule has 2 aliphatic rings. The minimum absolute atomic E-state index is 0.0434. The number of pyridine rings is 1. The predicted molar refractivity (Wildman–Crippen MR) is 103 cm³/mol. The SMILES string of the molecule is O=C(c1cncc(NCCc2ccccc2F)c1)N1CCC2(CC1)OCCO2. The second-order valence-corrected chi connectivity index (χ2v) is 7.13. The van der Waals surface area contributed by atoms with E-state index < -0.39 is 5.79 Å². The van der Waals surface area contributed by atoms with Crippen LogP contribution in [0, 0.1) is 5.82 Å². The highest BCUT2D eigenvalue weighted by atomic mass is 19.1. The fourth-order valence-electron chi connectivity index (χ4n) is 3.71. The first-order valence-electron chi connectivity index (χ1n) is 9.65. The number of ether oxygens (including phenoxy) is 2. The van der Waals surface area contributed by atoms with Gasteiger partial charge in [-0.15, -0.1) is 0 Å². The number of anilines is 1. The summed E-state index contributed by atoms with van der Waals surface area (Å²) in [7, 11) is 0. The number of nitrogens with zero attached hydrogens (tertiary/aromatic N) is 2. The normalized spacial score (nSPS) is 18.4. The molecule has 1 spiro atoms. The molecule has 2 fully saturated rings. The molecule has 0 atom stereocenters. The topological polar surface area (TPSA) is 63.7 Å². The maximum atomic E-state index is 13.7. The first kappa shape index (κ1) is 18.8. The van der Waals surface area contributed by atoms with Gasteiger partial charge in [-0.05, 0) is 24.1 Å². The Hall–Kier alpha value is -2.51. The van der Waals surface area contributed by atoms with Crippen LogP contribution in [0.1, 0.15) is 28.8 Å². The molecular formula is C21H24FN3O3. The number of benzene rings is 1. The first-order chi connectivity index (χ1) is 13.7. The predicted octanol–water partition coefficient (Wildman–Crippen LogP) is 2.85. The van der Waals surface area contributed by atoms with Crippen molar-refractivity contribution >= 4 is 11.6 Å². The summed E-state index contributed by atoms with van der Waals surface area (Å²) in [4.78, 5) is 18.8. The molecule has 0 bridgehead atoms. The Morgan fingerprint density at radius 2 is 1.93 bits per heavy atom. The lowest BCUT2D eigenvalue weighted by Crippen LogP contribution is -2.47. The van der Waals surface area contributed by atoms with Gasteiger partial charge in [0.25, 0.3) is 5.91 Å². The van der Waals surface area contributed by atoms with Crippen molar-refractivity contribution in [1.82, 2.24) is 9.88 Å². The number of piperidine rings is 1. The van der Waals surface area contributed by atoms with Crippen molar-refractivity contribution in [2.24, 2.45) is 0 Å². The van der Waals surface area contributed by atoms with Crippen LogP contribution in [0.5, 0.6) is 0 Å². The van der Waals surface area contributed by atoms with Crippen LogP contribution in [0.15, 0.2) is 42.7 Å². The summed E-state index contributed by atoms with van der Waals surface area (Å²) in [6.45, 7) is 3.01. The zero-order valence-corrected chi connectivity index (χ0v) is 15.7. The fraction of sp³-hybridized carbons (Fsp3) is 0.429. The van der Waals surface area contributed by atoms with Crippen LogP contribution in [0.3, 0.4) is 0 Å². The van der Waals surface area contributed by atoms with Crippen molar-refractivity contribution in [1.29, 1.82) is 0 Å². The number of likely N-dealkylation sites (tertiary alicyclic amines) is 1. The molecule has 0 radical (unpaired) electrons. The maximum absolute atomic E-state index is 13.7. The molecule has 7 heteroatoms. The van der Waals surface area contributed by atoms with Gasteiger partial charge >= 0.3 is 0 Å². The first-order valence-corrected chi connectivity index (χ1v) is 9.65. The maximum Gasteiger partial charge on any atom is 0.255 e. The average molecular weight is 385 g/mol. The third kappa shape index (κ3) is 4.15. The molecule has 1 aromatic heterocycles. The summed E-state index contributed by atoms with van der Waals surface area (Å²) in [5.74, 6) is -0.743. The Labute approximate surface area is 163 Å². The Morgan fingerprint density at radius 3 is 2.68 bits per heavy atom. The molecule has 1 amide bonds. The number of rotatable bonds is 5. The molecule has 1 aromatic carbocycles. The number of halogens is 1. The van der Waals surface area contributed by atoms with Crippen LogP contribution in [-0.4, -0.2) is 54.4 Å². The third-order valence-corrected chi connectivity index (χ3v) is 5.29. The van der Waals surface area contributed by atoms with E-state index >= 15 is 0 Å². The lowest BCUT2D eigenvalue weighted by atomic mass is 10.0. The number of carbonyl (C=O) groups is 1. The number of hydrogen-bond donors (Lipinski definition) is 1. The molecule has 148 valence electrons. The monoisotopic (exact) mass is 385 g/mol. The Kier molecular flexibility index (Phi) is 5.54. The van der Waals surface area contributed by atoms with E-state index in [1.807, 2.05) is 11.0 Å². The lowest BCUT2D eigenvalue weighted by molar-refractivity contribution is -0.181. The van der Waals surface area contributed by atoms with Crippen LogP contribution < -0.4 is 5.32 Å². The van der Waals surface area contributed by atoms with E-state index in [-0.39, 0.29) is 11.7 Å². The van der Waals surface area contributed by atoms with Crippen molar-refractivity contribution in [3.63, 3.8) is 0 Å². The fourth-order valence-corrected chi connectivity index (χ4v) is 3.71. The van der Waals surface area contributed by atoms with Crippen LogP contribution >= 0.6 is 0 Å². The average Bonchev–Trinajstić information content (AvgIpc) is 3.18. The molecule has 6 nitrogen and oxygen atoms in total. The highest BCUT2D eigenvalue weighted by molar-refractivity contribution is 5.94. The van der Waals surface area contributed by atoms with Gasteiger partial charge in [-0.25, -0.2) is 4.39 Å². The largest absolute Gasteiger partial charge is 0.383 e. The summed E-state index contributed by atoms with van der Waals surface area (Å²) in [5.41, 5.74) is 1.95. The zero-order valence-electron chi connectivity index (χ0n) is 15.7. The van der Waals surface area contributed by atoms with Gasteiger partial charge in [-0.2, -0.15) is 0 Å². The molecule has 3 heterocycles. The number of carbonyl (C=O) groups excluding carboxylic acids is 1. The van der Waals surface area contributed by atoms with Gasteiger partial charge in [0.1, 0.15) is 5.82 Å². The van der Waals surface area contributed by atoms with Crippen molar-refractivity contribution in [3.8, 4) is 0 Å². The van der Waals surface area contributed by atoms with E-state index in [0.29, 0.717) is 63.2 Å². The van der Waals surface area contributed by atoms with Crippen LogP contribution in [0.4, 0.5) is 10.1 Å². The molecule has 2 aliphatic heterocycles. The molecule has 0 aliphatic carbocycles. The standard InChI is InChI=1S/C21H24FN3O3/c22-19-4-2-1-3-16(19)5-8-24-18-13-17(14-23-15-18)20(26)25-9-6-21(7-10-25)27-11-12-28-21/h1-4,13-15,24H,5-12H2. The molecule has 4 rings (SSSR count).